The molecule has 0 aliphatic heterocycles. The molecule has 0 aromatic heterocycles. The average molecular weight is 279 g/mol. The lowest BCUT2D eigenvalue weighted by Crippen LogP contribution is -2.26. The average Bonchev–Trinajstić information content (AvgIpc) is 2.88. The van der Waals surface area contributed by atoms with Gasteiger partial charge in [-0.05, 0) is 31.9 Å². The number of alkyl halides is 1. The van der Waals surface area contributed by atoms with Gasteiger partial charge in [0, 0.05) is 23.0 Å². The molecule has 0 spiro atoms. The Morgan fingerprint density at radius 3 is 1.89 bits per heavy atom. The number of hydrogen-bond donors (Lipinski definition) is 0. The summed E-state index contributed by atoms with van der Waals surface area (Å²) in [5.41, 5.74) is 3.51. The molecule has 2 bridgehead atoms. The van der Waals surface area contributed by atoms with Crippen molar-refractivity contribution in [3.8, 4) is 11.5 Å². The van der Waals surface area contributed by atoms with Gasteiger partial charge in [0.2, 0.25) is 0 Å². The molecule has 0 amide bonds. The van der Waals surface area contributed by atoms with Crippen molar-refractivity contribution in [3.05, 3.63) is 35.4 Å². The highest BCUT2D eigenvalue weighted by atomic mass is 35.5. The second-order valence-corrected chi connectivity index (χ2v) is 6.15. The van der Waals surface area contributed by atoms with Gasteiger partial charge in [0.15, 0.2) is 0 Å². The van der Waals surface area contributed by atoms with Crippen LogP contribution in [0.15, 0.2) is 24.3 Å². The summed E-state index contributed by atoms with van der Waals surface area (Å²) in [6.07, 6.45) is 2.19. The van der Waals surface area contributed by atoms with Gasteiger partial charge in [-0.2, -0.15) is 0 Å². The summed E-state index contributed by atoms with van der Waals surface area (Å²) in [5, 5.41) is 0. The van der Waals surface area contributed by atoms with Gasteiger partial charge in [0.1, 0.15) is 11.5 Å². The zero-order valence-electron chi connectivity index (χ0n) is 11.6. The standard InChI is InChI=1S/C16H19ClO2/c1-9(2)16(17)10-5-6-11(16)15-13(19-4)8-7-12(18-3)14(10)15/h7-8,10-11H,1,5-6H2,2-4H3/t10-,11-/m0/s1. The third kappa shape index (κ3) is 1.44. The molecule has 0 heterocycles. The quantitative estimate of drug-likeness (QED) is 0.608. The Bertz CT molecular complexity index is 511. The van der Waals surface area contributed by atoms with Crippen LogP contribution in [0.25, 0.3) is 0 Å². The SMILES string of the molecule is C=C(C)C1(Cl)[C@H]2CC[C@H]1c1c(OC)ccc(OC)c12. The van der Waals surface area contributed by atoms with Crippen molar-refractivity contribution in [1.82, 2.24) is 0 Å². The number of allylic oxidation sites excluding steroid dienone is 1. The summed E-state index contributed by atoms with van der Waals surface area (Å²) in [7, 11) is 3.43. The molecule has 2 aliphatic carbocycles. The molecular weight excluding hydrogens is 260 g/mol. The van der Waals surface area contributed by atoms with Crippen LogP contribution in [-0.2, 0) is 0 Å². The van der Waals surface area contributed by atoms with Crippen LogP contribution in [-0.4, -0.2) is 19.1 Å². The second kappa shape index (κ2) is 4.17. The Morgan fingerprint density at radius 2 is 1.58 bits per heavy atom. The number of halogens is 1. The van der Waals surface area contributed by atoms with Crippen molar-refractivity contribution >= 4 is 11.6 Å². The molecule has 1 aromatic rings. The molecular formula is C16H19ClO2. The zero-order chi connectivity index (χ0) is 13.8. The van der Waals surface area contributed by atoms with E-state index in [4.69, 9.17) is 21.1 Å². The molecule has 1 saturated carbocycles. The molecule has 1 aromatic carbocycles. The minimum absolute atomic E-state index is 0.289. The molecule has 0 unspecified atom stereocenters. The Labute approximate surface area is 119 Å². The molecule has 0 radical (unpaired) electrons. The maximum absolute atomic E-state index is 6.98. The minimum atomic E-state index is -0.371. The number of fused-ring (bicyclic) bond motifs is 5. The third-order valence-corrected chi connectivity index (χ3v) is 5.61. The van der Waals surface area contributed by atoms with Gasteiger partial charge < -0.3 is 9.47 Å². The Balaban J connectivity index is 2.26. The van der Waals surface area contributed by atoms with Gasteiger partial charge in [0.05, 0.1) is 19.1 Å². The van der Waals surface area contributed by atoms with E-state index in [0.717, 1.165) is 29.9 Å². The topological polar surface area (TPSA) is 18.5 Å². The fourth-order valence-corrected chi connectivity index (χ4v) is 4.41. The van der Waals surface area contributed by atoms with E-state index < -0.39 is 0 Å². The number of benzene rings is 1. The van der Waals surface area contributed by atoms with E-state index >= 15 is 0 Å². The molecule has 0 saturated heterocycles. The molecule has 2 atom stereocenters. The summed E-state index contributed by atoms with van der Waals surface area (Å²) < 4.78 is 11.1. The van der Waals surface area contributed by atoms with Crippen molar-refractivity contribution in [3.63, 3.8) is 0 Å². The van der Waals surface area contributed by atoms with Gasteiger partial charge >= 0.3 is 0 Å². The molecule has 102 valence electrons. The zero-order valence-corrected chi connectivity index (χ0v) is 12.4. The highest BCUT2D eigenvalue weighted by molar-refractivity contribution is 6.28. The van der Waals surface area contributed by atoms with Gasteiger partial charge in [-0.25, -0.2) is 0 Å². The number of ether oxygens (including phenoxy) is 2. The monoisotopic (exact) mass is 278 g/mol. The first-order valence-electron chi connectivity index (χ1n) is 6.65. The van der Waals surface area contributed by atoms with Crippen molar-refractivity contribution in [2.45, 2.75) is 36.5 Å². The molecule has 3 heteroatoms. The number of rotatable bonds is 3. The molecule has 0 N–H and O–H groups in total. The van der Waals surface area contributed by atoms with Crippen molar-refractivity contribution in [1.29, 1.82) is 0 Å². The van der Waals surface area contributed by atoms with Gasteiger partial charge in [-0.1, -0.05) is 12.2 Å². The summed E-state index contributed by atoms with van der Waals surface area (Å²) in [6, 6.07) is 3.96. The van der Waals surface area contributed by atoms with E-state index in [0.29, 0.717) is 0 Å². The Kier molecular flexibility index (Phi) is 2.82. The minimum Gasteiger partial charge on any atom is -0.496 e. The van der Waals surface area contributed by atoms with E-state index in [1.165, 1.54) is 11.1 Å². The lowest BCUT2D eigenvalue weighted by Gasteiger charge is -2.28. The first-order chi connectivity index (χ1) is 9.05. The van der Waals surface area contributed by atoms with Gasteiger partial charge in [-0.15, -0.1) is 11.6 Å². The maximum Gasteiger partial charge on any atom is 0.122 e. The first kappa shape index (κ1) is 12.9. The third-order valence-electron chi connectivity index (χ3n) is 4.76. The lowest BCUT2D eigenvalue weighted by molar-refractivity contribution is 0.391. The largest absolute Gasteiger partial charge is 0.496 e. The van der Waals surface area contributed by atoms with E-state index in [-0.39, 0.29) is 16.7 Å². The summed E-state index contributed by atoms with van der Waals surface area (Å²) in [5.74, 6) is 2.43. The van der Waals surface area contributed by atoms with Crippen LogP contribution < -0.4 is 9.47 Å². The van der Waals surface area contributed by atoms with Gasteiger partial charge in [0.25, 0.3) is 0 Å². The predicted molar refractivity (Wildman–Crippen MR) is 77.7 cm³/mol. The number of hydrogen-bond acceptors (Lipinski definition) is 2. The molecule has 2 aliphatic rings. The van der Waals surface area contributed by atoms with Crippen LogP contribution in [0.3, 0.4) is 0 Å². The van der Waals surface area contributed by atoms with Crippen LogP contribution in [0, 0.1) is 0 Å². The summed E-state index contributed by atoms with van der Waals surface area (Å²) in [6.45, 7) is 6.16. The number of methoxy groups -OCH3 is 2. The van der Waals surface area contributed by atoms with E-state index in [1.807, 2.05) is 19.1 Å². The maximum atomic E-state index is 6.98. The molecule has 2 nitrogen and oxygen atoms in total. The second-order valence-electron chi connectivity index (χ2n) is 5.53. The molecule has 19 heavy (non-hydrogen) atoms. The van der Waals surface area contributed by atoms with E-state index in [1.54, 1.807) is 14.2 Å². The normalized spacial score (nSPS) is 31.2. The summed E-state index contributed by atoms with van der Waals surface area (Å²) >= 11 is 6.98. The van der Waals surface area contributed by atoms with Crippen molar-refractivity contribution in [2.24, 2.45) is 0 Å². The Morgan fingerprint density at radius 1 is 1.16 bits per heavy atom. The van der Waals surface area contributed by atoms with E-state index in [2.05, 4.69) is 6.58 Å². The summed E-state index contributed by atoms with van der Waals surface area (Å²) in [4.78, 5) is -0.371. The van der Waals surface area contributed by atoms with Crippen LogP contribution >= 0.6 is 11.6 Å². The lowest BCUT2D eigenvalue weighted by atomic mass is 9.88. The van der Waals surface area contributed by atoms with E-state index in [9.17, 15) is 0 Å². The fourth-order valence-electron chi connectivity index (χ4n) is 3.97. The molecule has 3 rings (SSSR count). The van der Waals surface area contributed by atoms with Crippen LogP contribution in [0.2, 0.25) is 0 Å². The molecule has 1 fully saturated rings. The van der Waals surface area contributed by atoms with Gasteiger partial charge in [-0.3, -0.25) is 0 Å². The highest BCUT2D eigenvalue weighted by Crippen LogP contribution is 2.68. The Hall–Kier alpha value is -1.15. The van der Waals surface area contributed by atoms with Crippen molar-refractivity contribution < 1.29 is 9.47 Å². The van der Waals surface area contributed by atoms with Crippen molar-refractivity contribution in [2.75, 3.05) is 14.2 Å². The van der Waals surface area contributed by atoms with Crippen LogP contribution in [0.5, 0.6) is 11.5 Å². The predicted octanol–water partition coefficient (Wildman–Crippen LogP) is 4.23. The van der Waals surface area contributed by atoms with Crippen LogP contribution in [0.4, 0.5) is 0 Å². The first-order valence-corrected chi connectivity index (χ1v) is 7.03. The van der Waals surface area contributed by atoms with Crippen LogP contribution in [0.1, 0.15) is 42.7 Å². The highest BCUT2D eigenvalue weighted by Gasteiger charge is 2.59. The smallest absolute Gasteiger partial charge is 0.122 e. The fraction of sp³-hybridized carbons (Fsp3) is 0.500.